The molecule has 2 heterocycles. The number of anilines is 1. The number of carbonyl (C=O) groups is 2. The van der Waals surface area contributed by atoms with Crippen LogP contribution in [0.25, 0.3) is 5.69 Å². The van der Waals surface area contributed by atoms with Gasteiger partial charge in [0.15, 0.2) is 0 Å². The summed E-state index contributed by atoms with van der Waals surface area (Å²) in [6, 6.07) is 9.30. The Morgan fingerprint density at radius 3 is 2.68 bits per heavy atom. The lowest BCUT2D eigenvalue weighted by molar-refractivity contribution is -0.122. The van der Waals surface area contributed by atoms with E-state index in [1.54, 1.807) is 4.68 Å². The zero-order valence-corrected chi connectivity index (χ0v) is 12.6. The van der Waals surface area contributed by atoms with Gasteiger partial charge in [0, 0.05) is 6.42 Å². The molecule has 0 spiro atoms. The molecule has 0 aliphatic carbocycles. The van der Waals surface area contributed by atoms with Crippen molar-refractivity contribution in [2.75, 3.05) is 5.32 Å². The van der Waals surface area contributed by atoms with Gasteiger partial charge < -0.3 is 10.6 Å². The van der Waals surface area contributed by atoms with Gasteiger partial charge in [-0.2, -0.15) is 5.10 Å². The van der Waals surface area contributed by atoms with Crippen molar-refractivity contribution in [3.8, 4) is 5.69 Å². The van der Waals surface area contributed by atoms with Crippen molar-refractivity contribution < 1.29 is 9.59 Å². The Hall–Kier alpha value is -2.63. The van der Waals surface area contributed by atoms with E-state index < -0.39 is 6.04 Å². The molecule has 22 heavy (non-hydrogen) atoms. The molecule has 0 bridgehead atoms. The smallest absolute Gasteiger partial charge is 0.247 e. The van der Waals surface area contributed by atoms with Crippen LogP contribution in [0.3, 0.4) is 0 Å². The lowest BCUT2D eigenvalue weighted by Gasteiger charge is -2.11. The first-order valence-electron chi connectivity index (χ1n) is 7.28. The summed E-state index contributed by atoms with van der Waals surface area (Å²) in [5, 5.41) is 10.1. The molecule has 1 aromatic carbocycles. The van der Waals surface area contributed by atoms with Gasteiger partial charge in [-0.1, -0.05) is 18.2 Å². The van der Waals surface area contributed by atoms with E-state index in [2.05, 4.69) is 15.7 Å². The van der Waals surface area contributed by atoms with E-state index >= 15 is 0 Å². The van der Waals surface area contributed by atoms with Gasteiger partial charge in [0.05, 0.1) is 22.8 Å². The highest BCUT2D eigenvalue weighted by Gasteiger charge is 2.28. The van der Waals surface area contributed by atoms with Crippen LogP contribution in [-0.4, -0.2) is 27.6 Å². The van der Waals surface area contributed by atoms with Gasteiger partial charge in [-0.3, -0.25) is 9.59 Å². The molecule has 2 N–H and O–H groups in total. The second kappa shape index (κ2) is 5.63. The Morgan fingerprint density at radius 2 is 2.05 bits per heavy atom. The fourth-order valence-electron chi connectivity index (χ4n) is 2.67. The standard InChI is InChI=1S/C16H18N4O2/c1-10-15(18-16(22)13-8-9-14(21)17-13)11(2)20(19-10)12-6-4-3-5-7-12/h3-7,13H,8-9H2,1-2H3,(H,17,21)(H,18,22). The van der Waals surface area contributed by atoms with Crippen LogP contribution < -0.4 is 10.6 Å². The first kappa shape index (κ1) is 14.3. The van der Waals surface area contributed by atoms with Crippen molar-refractivity contribution in [3.63, 3.8) is 0 Å². The molecule has 1 saturated heterocycles. The first-order chi connectivity index (χ1) is 10.6. The Kier molecular flexibility index (Phi) is 3.66. The van der Waals surface area contributed by atoms with Gasteiger partial charge in [0.2, 0.25) is 11.8 Å². The fourth-order valence-corrected chi connectivity index (χ4v) is 2.67. The lowest BCUT2D eigenvalue weighted by Crippen LogP contribution is -2.37. The SMILES string of the molecule is Cc1nn(-c2ccccc2)c(C)c1NC(=O)C1CCC(=O)N1. The number of aryl methyl sites for hydroxylation is 1. The van der Waals surface area contributed by atoms with Gasteiger partial charge in [-0.15, -0.1) is 0 Å². The molecule has 6 heteroatoms. The number of benzene rings is 1. The topological polar surface area (TPSA) is 76.0 Å². The third-order valence-corrected chi connectivity index (χ3v) is 3.85. The summed E-state index contributed by atoms with van der Waals surface area (Å²) in [4.78, 5) is 23.5. The van der Waals surface area contributed by atoms with Crippen molar-refractivity contribution in [2.45, 2.75) is 32.7 Å². The molecule has 2 aromatic rings. The first-order valence-corrected chi connectivity index (χ1v) is 7.28. The number of nitrogens with zero attached hydrogens (tertiary/aromatic N) is 2. The van der Waals surface area contributed by atoms with Crippen molar-refractivity contribution in [3.05, 3.63) is 41.7 Å². The summed E-state index contributed by atoms with van der Waals surface area (Å²) in [5.74, 6) is -0.266. The second-order valence-electron chi connectivity index (χ2n) is 5.44. The number of nitrogens with one attached hydrogen (secondary N) is 2. The Morgan fingerprint density at radius 1 is 1.32 bits per heavy atom. The summed E-state index contributed by atoms with van der Waals surface area (Å²) in [7, 11) is 0. The van der Waals surface area contributed by atoms with Crippen LogP contribution >= 0.6 is 0 Å². The molecule has 1 atom stereocenters. The van der Waals surface area contributed by atoms with Crippen LogP contribution in [0.1, 0.15) is 24.2 Å². The maximum atomic E-state index is 12.2. The van der Waals surface area contributed by atoms with Gasteiger partial charge in [-0.25, -0.2) is 4.68 Å². The highest BCUT2D eigenvalue weighted by molar-refractivity contribution is 5.99. The van der Waals surface area contributed by atoms with Crippen LogP contribution in [0.4, 0.5) is 5.69 Å². The van der Waals surface area contributed by atoms with E-state index in [0.717, 1.165) is 17.1 Å². The summed E-state index contributed by atoms with van der Waals surface area (Å²) in [5.41, 5.74) is 3.26. The van der Waals surface area contributed by atoms with Crippen LogP contribution in [0.5, 0.6) is 0 Å². The minimum atomic E-state index is -0.452. The highest BCUT2D eigenvalue weighted by atomic mass is 16.2. The molecule has 1 aliphatic rings. The fraction of sp³-hybridized carbons (Fsp3) is 0.312. The van der Waals surface area contributed by atoms with Crippen LogP contribution in [0.2, 0.25) is 0 Å². The van der Waals surface area contributed by atoms with E-state index in [0.29, 0.717) is 18.5 Å². The maximum Gasteiger partial charge on any atom is 0.247 e. The Bertz CT molecular complexity index is 721. The average molecular weight is 298 g/mol. The molecule has 0 saturated carbocycles. The number of hydrogen-bond acceptors (Lipinski definition) is 3. The third-order valence-electron chi connectivity index (χ3n) is 3.85. The Balaban J connectivity index is 1.84. The van der Waals surface area contributed by atoms with Gasteiger partial charge in [0.1, 0.15) is 6.04 Å². The molecule has 1 aliphatic heterocycles. The number of carbonyl (C=O) groups excluding carboxylic acids is 2. The number of amides is 2. The van der Waals surface area contributed by atoms with Gasteiger partial charge in [-0.05, 0) is 32.4 Å². The van der Waals surface area contributed by atoms with E-state index in [9.17, 15) is 9.59 Å². The summed E-state index contributed by atoms with van der Waals surface area (Å²) in [6.45, 7) is 3.77. The van der Waals surface area contributed by atoms with E-state index in [1.165, 1.54) is 0 Å². The quantitative estimate of drug-likeness (QED) is 0.905. The largest absolute Gasteiger partial charge is 0.344 e. The third kappa shape index (κ3) is 2.59. The summed E-state index contributed by atoms with van der Waals surface area (Å²) >= 11 is 0. The van der Waals surface area contributed by atoms with E-state index in [4.69, 9.17) is 0 Å². The van der Waals surface area contributed by atoms with Crippen LogP contribution in [-0.2, 0) is 9.59 Å². The van der Waals surface area contributed by atoms with E-state index in [1.807, 2.05) is 44.2 Å². The van der Waals surface area contributed by atoms with Crippen LogP contribution in [0.15, 0.2) is 30.3 Å². The van der Waals surface area contributed by atoms with Gasteiger partial charge in [0.25, 0.3) is 0 Å². The molecule has 6 nitrogen and oxygen atoms in total. The van der Waals surface area contributed by atoms with Crippen molar-refractivity contribution in [1.29, 1.82) is 0 Å². The van der Waals surface area contributed by atoms with Crippen molar-refractivity contribution >= 4 is 17.5 Å². The number of aromatic nitrogens is 2. The molecular formula is C16H18N4O2. The van der Waals surface area contributed by atoms with Crippen molar-refractivity contribution in [1.82, 2.24) is 15.1 Å². The van der Waals surface area contributed by atoms with Gasteiger partial charge >= 0.3 is 0 Å². The Labute approximate surface area is 128 Å². The molecule has 1 fully saturated rings. The molecule has 2 amide bonds. The zero-order valence-electron chi connectivity index (χ0n) is 12.6. The average Bonchev–Trinajstić information content (AvgIpc) is 3.07. The molecule has 114 valence electrons. The number of para-hydroxylation sites is 1. The predicted molar refractivity (Wildman–Crippen MR) is 82.8 cm³/mol. The number of rotatable bonds is 3. The molecule has 1 aromatic heterocycles. The number of hydrogen-bond donors (Lipinski definition) is 2. The maximum absolute atomic E-state index is 12.2. The monoisotopic (exact) mass is 298 g/mol. The second-order valence-corrected chi connectivity index (χ2v) is 5.44. The zero-order chi connectivity index (χ0) is 15.7. The highest BCUT2D eigenvalue weighted by Crippen LogP contribution is 2.23. The lowest BCUT2D eigenvalue weighted by atomic mass is 10.2. The van der Waals surface area contributed by atoms with Crippen molar-refractivity contribution in [2.24, 2.45) is 0 Å². The molecule has 0 radical (unpaired) electrons. The minimum Gasteiger partial charge on any atom is -0.344 e. The predicted octanol–water partition coefficient (Wildman–Crippen LogP) is 1.71. The molecule has 3 rings (SSSR count). The normalized spacial score (nSPS) is 17.4. The molecular weight excluding hydrogens is 280 g/mol. The molecule has 1 unspecified atom stereocenters. The minimum absolute atomic E-state index is 0.0754. The van der Waals surface area contributed by atoms with Crippen LogP contribution in [0, 0.1) is 13.8 Å². The summed E-state index contributed by atoms with van der Waals surface area (Å²) < 4.78 is 1.80. The van der Waals surface area contributed by atoms with E-state index in [-0.39, 0.29) is 11.8 Å². The summed E-state index contributed by atoms with van der Waals surface area (Å²) in [6.07, 6.45) is 0.939.